The lowest BCUT2D eigenvalue weighted by Gasteiger charge is -2.04. The fourth-order valence-corrected chi connectivity index (χ4v) is 9.86. The van der Waals surface area contributed by atoms with E-state index in [-0.39, 0.29) is 55.1 Å². The lowest BCUT2D eigenvalue weighted by molar-refractivity contribution is 0.0678. The van der Waals surface area contributed by atoms with Crippen molar-refractivity contribution in [1.82, 2.24) is 19.9 Å². The first kappa shape index (κ1) is 92.7. The lowest BCUT2D eigenvalue weighted by Crippen LogP contribution is -2.03. The molecule has 0 spiro atoms. The van der Waals surface area contributed by atoms with E-state index < -0.39 is 63.7 Å². The predicted molar refractivity (Wildman–Crippen MR) is 399 cm³/mol. The van der Waals surface area contributed by atoms with Crippen molar-refractivity contribution in [3.05, 3.63) is 320 Å². The fourth-order valence-electron chi connectivity index (χ4n) is 8.31. The number of benzene rings is 7. The molecule has 30 heteroatoms. The van der Waals surface area contributed by atoms with Gasteiger partial charge in [0.1, 0.15) is 5.82 Å². The highest BCUT2D eigenvalue weighted by molar-refractivity contribution is 7.85. The van der Waals surface area contributed by atoms with Crippen LogP contribution in [-0.2, 0) is 16.7 Å². The summed E-state index contributed by atoms with van der Waals surface area (Å²) in [7, 11) is -4.03. The van der Waals surface area contributed by atoms with E-state index in [1.165, 1.54) is 55.0 Å². The summed E-state index contributed by atoms with van der Waals surface area (Å²) in [6.07, 6.45) is 7.30. The number of rotatable bonds is 10. The minimum absolute atomic E-state index is 0.0162. The predicted octanol–water partition coefficient (Wildman–Crippen LogP) is 16.9. The van der Waals surface area contributed by atoms with Gasteiger partial charge < -0.3 is 46.0 Å². The fraction of sp³-hybridized carbons (Fsp3) is 0.158. The number of hydrogen-bond donors (Lipinski definition) is 10. The van der Waals surface area contributed by atoms with Crippen molar-refractivity contribution in [3.8, 4) is 0 Å². The van der Waals surface area contributed by atoms with Gasteiger partial charge in [0.05, 0.1) is 76.9 Å². The molecule has 24 nitrogen and oxygen atoms in total. The molecule has 0 bridgehead atoms. The van der Waals surface area contributed by atoms with E-state index in [1.807, 2.05) is 43.3 Å². The van der Waals surface area contributed by atoms with Gasteiger partial charge in [0.15, 0.2) is 5.69 Å². The van der Waals surface area contributed by atoms with Crippen molar-refractivity contribution < 1.29 is 102 Å². The van der Waals surface area contributed by atoms with Gasteiger partial charge in [0.2, 0.25) is 0 Å². The zero-order chi connectivity index (χ0) is 80.9. The van der Waals surface area contributed by atoms with Crippen molar-refractivity contribution >= 4 is 104 Å². The first-order valence-corrected chi connectivity index (χ1v) is 33.4. The number of carboxylic acid groups (broad SMARTS) is 8. The molecule has 10 N–H and O–H groups in total. The number of hydrogen-bond acceptors (Lipinski definition) is 15. The Morgan fingerprint density at radius 3 is 1.17 bits per heavy atom. The third-order valence-corrected chi connectivity index (χ3v) is 16.4. The van der Waals surface area contributed by atoms with Crippen molar-refractivity contribution in [2.75, 3.05) is 0 Å². The molecule has 10 aromatic rings. The summed E-state index contributed by atoms with van der Waals surface area (Å²) in [6, 6.07) is 41.4. The molecule has 0 aliphatic rings. The van der Waals surface area contributed by atoms with E-state index in [0.29, 0.717) is 54.8 Å². The van der Waals surface area contributed by atoms with Crippen molar-refractivity contribution in [2.24, 2.45) is 0 Å². The van der Waals surface area contributed by atoms with Gasteiger partial charge in [-0.25, -0.2) is 47.7 Å². The van der Waals surface area contributed by atoms with Gasteiger partial charge in [-0.3, -0.25) is 19.5 Å². The molecular weight excluding hydrogens is 1480 g/mol. The largest absolute Gasteiger partial charge is 0.478 e. The molecule has 7 aromatic carbocycles. The van der Waals surface area contributed by atoms with E-state index in [0.717, 1.165) is 39.4 Å². The summed E-state index contributed by atoms with van der Waals surface area (Å²) >= 11 is 22.7. The van der Waals surface area contributed by atoms with Crippen molar-refractivity contribution in [3.63, 3.8) is 0 Å². The Hall–Kier alpha value is -11.4. The molecule has 560 valence electrons. The zero-order valence-corrected chi connectivity index (χ0v) is 62.5. The number of aryl methyl sites for hydroxylation is 10. The van der Waals surface area contributed by atoms with Crippen LogP contribution in [0.25, 0.3) is 0 Å². The molecule has 10 rings (SSSR count). The van der Waals surface area contributed by atoms with Crippen LogP contribution >= 0.6 is 46.4 Å². The van der Waals surface area contributed by atoms with Crippen LogP contribution in [0.4, 0.5) is 4.39 Å². The summed E-state index contributed by atoms with van der Waals surface area (Å²) in [5, 5.41) is 78.7. The number of aliphatic hydroxyl groups excluding tert-OH is 1. The van der Waals surface area contributed by atoms with Gasteiger partial charge >= 0.3 is 47.8 Å². The molecule has 0 unspecified atom stereocenters. The summed E-state index contributed by atoms with van der Waals surface area (Å²) in [4.78, 5) is 98.6. The minimum Gasteiger partial charge on any atom is -0.478 e. The number of pyridine rings is 2. The molecule has 3 heterocycles. The van der Waals surface area contributed by atoms with Crippen LogP contribution in [0.1, 0.15) is 150 Å². The second-order valence-corrected chi connectivity index (χ2v) is 24.7. The molecular formula is C76H75Cl4FN4O20S. The number of carboxylic acids is 8. The van der Waals surface area contributed by atoms with E-state index in [9.17, 15) is 51.2 Å². The molecule has 0 atom stereocenters. The average molecular weight is 1560 g/mol. The summed E-state index contributed by atoms with van der Waals surface area (Å²) in [6.45, 7) is 19.0. The number of nitrogens with zero attached hydrogens (tertiary/aromatic N) is 4. The SMILES string of the molecule is Cc1c(Cl)ccc(Cl)c1C(=O)O.Cc1cc(Cl)c(Cl)cc1C(=O)O.Cc1cccc(C)c1C(=O)O.Cc1cccc(F)c1C(=O)O.Cc1ccccc1C(=O)O.Cc1ccccc1CO.Cc1ccccc1S(=O)(=O)O.Cc1ccncc1C(=O)O.Cc1ncccc1C(=O)O.Cc1nccnc1C(=O)O. The Bertz CT molecular complexity index is 4510. The number of aromatic carboxylic acids is 8. The lowest BCUT2D eigenvalue weighted by atomic mass is 10.0. The number of halogens is 5. The van der Waals surface area contributed by atoms with E-state index >= 15 is 0 Å². The standard InChI is InChI=1S/C9H10O2.2C8H6Cl2O2.C8H7FO2.C8H8O2.C8H10O.2C7H7NO2.C7H8O3S.C6H6N2O2/c1-6-4-3-5-7(2)8(6)9(10)11;1-4-2-6(9)7(10)3-5(4)8(11)12;1-4-5(9)2-3-6(10)7(4)8(11)12;1-5-3-2-4-6(9)7(5)8(10)11;1-6-4-2-3-5-7(6)8(9)10;1-7-4-2-3-5-8(7)6-9;1-5-2-3-8-4-6(5)7(9)10;1-5-6(7(9)10)3-2-4-8-5;1-6-4-2-3-5-7(6)11(8,9)10;1-4-5(6(9)10)8-3-2-7-4/h3-5H,1-2H3,(H,10,11);2*2-3H,1H3,(H,11,12);2-4H,1H3,(H,10,11);2-5H,1H3,(H,9,10);2-5,9H,6H2,1H3;2*2-4H,1H3,(H,9,10);2-5H,1H3,(H,8,9,10);2-3H,1H3,(H,9,10). The van der Waals surface area contributed by atoms with E-state index in [2.05, 4.69) is 19.9 Å². The van der Waals surface area contributed by atoms with Gasteiger partial charge in [0, 0.05) is 36.0 Å². The normalized spacial score (nSPS) is 9.75. The molecule has 0 radical (unpaired) electrons. The van der Waals surface area contributed by atoms with Gasteiger partial charge in [0.25, 0.3) is 10.1 Å². The highest BCUT2D eigenvalue weighted by Gasteiger charge is 2.16. The van der Waals surface area contributed by atoms with Crippen LogP contribution < -0.4 is 0 Å². The Labute approximate surface area is 630 Å². The third kappa shape index (κ3) is 32.1. The molecule has 0 saturated carbocycles. The maximum absolute atomic E-state index is 12.7. The highest BCUT2D eigenvalue weighted by atomic mass is 35.5. The number of aliphatic hydroxyl groups is 1. The van der Waals surface area contributed by atoms with Crippen LogP contribution in [0.3, 0.4) is 0 Å². The Kier molecular flexibility index (Phi) is 40.5. The van der Waals surface area contributed by atoms with Crippen LogP contribution in [0.5, 0.6) is 0 Å². The molecule has 106 heavy (non-hydrogen) atoms. The van der Waals surface area contributed by atoms with Crippen LogP contribution in [-0.4, -0.2) is 127 Å². The molecule has 0 aliphatic carbocycles. The number of aromatic nitrogens is 4. The van der Waals surface area contributed by atoms with Crippen LogP contribution in [0.15, 0.2) is 188 Å². The summed E-state index contributed by atoms with van der Waals surface area (Å²) < 4.78 is 42.6. The Morgan fingerprint density at radius 2 is 0.802 bits per heavy atom. The molecule has 3 aromatic heterocycles. The maximum Gasteiger partial charge on any atom is 0.356 e. The zero-order valence-electron chi connectivity index (χ0n) is 58.7. The van der Waals surface area contributed by atoms with Gasteiger partial charge in [-0.05, 0) is 192 Å². The van der Waals surface area contributed by atoms with Gasteiger partial charge in [-0.15, -0.1) is 0 Å². The number of carbonyl (C=O) groups is 8. The molecule has 0 aliphatic heterocycles. The minimum atomic E-state index is -4.03. The Balaban J connectivity index is 0.000000589. The second-order valence-electron chi connectivity index (χ2n) is 21.7. The topological polar surface area (TPSA) is 425 Å². The molecule has 0 amide bonds. The molecule has 0 saturated heterocycles. The van der Waals surface area contributed by atoms with E-state index in [1.54, 1.807) is 154 Å². The van der Waals surface area contributed by atoms with Crippen LogP contribution in [0, 0.1) is 82.0 Å². The monoisotopic (exact) mass is 1550 g/mol. The first-order valence-electron chi connectivity index (χ1n) is 30.5. The average Bonchev–Trinajstić information content (AvgIpc) is 0.854. The van der Waals surface area contributed by atoms with Crippen LogP contribution in [0.2, 0.25) is 20.1 Å². The summed E-state index contributed by atoms with van der Waals surface area (Å²) in [5.74, 6) is -8.55. The maximum atomic E-state index is 12.7. The highest BCUT2D eigenvalue weighted by Crippen LogP contribution is 2.27. The van der Waals surface area contributed by atoms with Gasteiger partial charge in [-0.2, -0.15) is 8.42 Å². The first-order chi connectivity index (χ1) is 49.5. The quantitative estimate of drug-likeness (QED) is 0.0568. The third-order valence-electron chi connectivity index (χ3n) is 14.0. The second kappa shape index (κ2) is 46.4. The Morgan fingerprint density at radius 1 is 0.368 bits per heavy atom. The smallest absolute Gasteiger partial charge is 0.356 e. The van der Waals surface area contributed by atoms with Crippen molar-refractivity contribution in [1.29, 1.82) is 0 Å². The molecule has 0 fully saturated rings. The van der Waals surface area contributed by atoms with E-state index in [4.69, 9.17) is 96.9 Å². The van der Waals surface area contributed by atoms with Gasteiger partial charge in [-0.1, -0.05) is 137 Å². The van der Waals surface area contributed by atoms with Crippen molar-refractivity contribution in [2.45, 2.75) is 87.7 Å². The summed E-state index contributed by atoms with van der Waals surface area (Å²) in [5.41, 5.74) is 9.79.